The van der Waals surface area contributed by atoms with Crippen molar-refractivity contribution < 1.29 is 19.1 Å². The van der Waals surface area contributed by atoms with Gasteiger partial charge in [-0.25, -0.2) is 10.2 Å². The molecular weight excluding hydrogens is 390 g/mol. The smallest absolute Gasteiger partial charge is 0.337 e. The van der Waals surface area contributed by atoms with Gasteiger partial charge in [-0.15, -0.1) is 0 Å². The van der Waals surface area contributed by atoms with Gasteiger partial charge in [0.15, 0.2) is 0 Å². The molecule has 2 aromatic carbocycles. The Morgan fingerprint density at radius 3 is 2.44 bits per heavy atom. The van der Waals surface area contributed by atoms with Gasteiger partial charge in [0.2, 0.25) is 0 Å². The van der Waals surface area contributed by atoms with Gasteiger partial charge in [-0.2, -0.15) is 5.10 Å². The lowest BCUT2D eigenvalue weighted by molar-refractivity contribution is -0.136. The normalized spacial score (nSPS) is 10.3. The van der Waals surface area contributed by atoms with Gasteiger partial charge in [-0.1, -0.05) is 34.1 Å². The maximum atomic E-state index is 11.8. The minimum atomic E-state index is -0.901. The Kier molecular flexibility index (Phi) is 6.41. The Morgan fingerprint density at radius 1 is 1.08 bits per heavy atom. The Morgan fingerprint density at radius 2 is 1.80 bits per heavy atom. The zero-order valence-corrected chi connectivity index (χ0v) is 14.7. The number of amides is 2. The van der Waals surface area contributed by atoms with E-state index >= 15 is 0 Å². The summed E-state index contributed by atoms with van der Waals surface area (Å²) < 4.78 is 5.37. The molecule has 128 valence electrons. The molecule has 0 aliphatic rings. The number of methoxy groups -OCH3 is 1. The van der Waals surface area contributed by atoms with Crippen LogP contribution in [0.15, 0.2) is 58.1 Å². The van der Waals surface area contributed by atoms with E-state index in [4.69, 9.17) is 0 Å². The number of esters is 1. The highest BCUT2D eigenvalue weighted by Crippen LogP contribution is 2.15. The van der Waals surface area contributed by atoms with Crippen LogP contribution in [0.4, 0.5) is 5.69 Å². The molecule has 2 N–H and O–H groups in total. The molecule has 0 aliphatic carbocycles. The fourth-order valence-corrected chi connectivity index (χ4v) is 2.19. The summed E-state index contributed by atoms with van der Waals surface area (Å²) in [4.78, 5) is 34.8. The highest BCUT2D eigenvalue weighted by atomic mass is 79.9. The molecule has 8 heteroatoms. The molecule has 2 rings (SSSR count). The van der Waals surface area contributed by atoms with Crippen molar-refractivity contribution in [2.45, 2.75) is 0 Å². The molecule has 0 unspecified atom stereocenters. The zero-order valence-electron chi connectivity index (χ0n) is 13.2. The van der Waals surface area contributed by atoms with Crippen LogP contribution in [0.25, 0.3) is 0 Å². The maximum Gasteiger partial charge on any atom is 0.337 e. The van der Waals surface area contributed by atoms with Gasteiger partial charge in [0, 0.05) is 10.2 Å². The number of hydrazone groups is 1. The molecule has 2 amide bonds. The molecule has 7 nitrogen and oxygen atoms in total. The first-order valence-corrected chi connectivity index (χ1v) is 7.87. The van der Waals surface area contributed by atoms with Crippen LogP contribution in [0.2, 0.25) is 0 Å². The molecule has 2 aromatic rings. The number of nitrogens with one attached hydrogen (secondary N) is 2. The number of carbonyl (C=O) groups excluding carboxylic acids is 3. The summed E-state index contributed by atoms with van der Waals surface area (Å²) in [5, 5.41) is 6.16. The number of rotatable bonds is 4. The van der Waals surface area contributed by atoms with Gasteiger partial charge in [-0.3, -0.25) is 9.59 Å². The van der Waals surface area contributed by atoms with E-state index in [-0.39, 0.29) is 0 Å². The largest absolute Gasteiger partial charge is 0.465 e. The first kappa shape index (κ1) is 18.3. The third kappa shape index (κ3) is 5.54. The van der Waals surface area contributed by atoms with Crippen LogP contribution < -0.4 is 10.7 Å². The van der Waals surface area contributed by atoms with Crippen molar-refractivity contribution in [2.24, 2.45) is 5.10 Å². The molecule has 25 heavy (non-hydrogen) atoms. The molecule has 0 radical (unpaired) electrons. The van der Waals surface area contributed by atoms with Crippen LogP contribution in [-0.2, 0) is 14.3 Å². The van der Waals surface area contributed by atoms with Gasteiger partial charge in [0.05, 0.1) is 18.9 Å². The first-order chi connectivity index (χ1) is 12.0. The number of nitrogens with zero attached hydrogens (tertiary/aromatic N) is 1. The summed E-state index contributed by atoms with van der Waals surface area (Å²) in [5.41, 5.74) is 3.65. The van der Waals surface area contributed by atoms with Crippen molar-refractivity contribution in [1.29, 1.82) is 0 Å². The third-order valence-corrected chi connectivity index (χ3v) is 3.49. The van der Waals surface area contributed by atoms with Crippen LogP contribution in [-0.4, -0.2) is 31.1 Å². The number of carbonyl (C=O) groups is 3. The standard InChI is InChI=1S/C17H14BrN3O4/c1-25-17(24)12-7-5-11(6-8-12)10-19-21-16(23)15(22)20-14-4-2-3-13(18)9-14/h2-10H,1H3,(H,20,22)(H,21,23). The lowest BCUT2D eigenvalue weighted by atomic mass is 10.1. The van der Waals surface area contributed by atoms with Crippen molar-refractivity contribution in [2.75, 3.05) is 12.4 Å². The van der Waals surface area contributed by atoms with Crippen molar-refractivity contribution in [3.63, 3.8) is 0 Å². The number of anilines is 1. The zero-order chi connectivity index (χ0) is 18.2. The summed E-state index contributed by atoms with van der Waals surface area (Å²) >= 11 is 3.27. The average Bonchev–Trinajstić information content (AvgIpc) is 2.61. The van der Waals surface area contributed by atoms with E-state index in [1.54, 1.807) is 48.5 Å². The lowest BCUT2D eigenvalue weighted by Crippen LogP contribution is -2.32. The monoisotopic (exact) mass is 403 g/mol. The van der Waals surface area contributed by atoms with Crippen LogP contribution in [0.1, 0.15) is 15.9 Å². The Bertz CT molecular complexity index is 819. The van der Waals surface area contributed by atoms with Crippen LogP contribution in [0.3, 0.4) is 0 Å². The Balaban J connectivity index is 1.89. The van der Waals surface area contributed by atoms with Gasteiger partial charge in [-0.05, 0) is 35.9 Å². The van der Waals surface area contributed by atoms with Gasteiger partial charge in [0.25, 0.3) is 0 Å². The molecule has 0 aromatic heterocycles. The van der Waals surface area contributed by atoms with Gasteiger partial charge in [0.1, 0.15) is 0 Å². The average molecular weight is 404 g/mol. The number of benzene rings is 2. The second kappa shape index (κ2) is 8.74. The van der Waals surface area contributed by atoms with E-state index in [9.17, 15) is 14.4 Å². The third-order valence-electron chi connectivity index (χ3n) is 3.00. The fraction of sp³-hybridized carbons (Fsp3) is 0.0588. The van der Waals surface area contributed by atoms with Crippen molar-refractivity contribution in [3.8, 4) is 0 Å². The number of ether oxygens (including phenoxy) is 1. The Labute approximate surface area is 152 Å². The van der Waals surface area contributed by atoms with Crippen LogP contribution in [0.5, 0.6) is 0 Å². The van der Waals surface area contributed by atoms with E-state index in [0.717, 1.165) is 4.47 Å². The molecule has 0 saturated carbocycles. The van der Waals surface area contributed by atoms with E-state index in [1.165, 1.54) is 13.3 Å². The quantitative estimate of drug-likeness (QED) is 0.354. The minimum absolute atomic E-state index is 0.400. The highest BCUT2D eigenvalue weighted by Gasteiger charge is 2.12. The topological polar surface area (TPSA) is 96.9 Å². The predicted molar refractivity (Wildman–Crippen MR) is 96.3 cm³/mol. The van der Waals surface area contributed by atoms with E-state index < -0.39 is 17.8 Å². The van der Waals surface area contributed by atoms with Crippen molar-refractivity contribution in [1.82, 2.24) is 5.43 Å². The maximum absolute atomic E-state index is 11.8. The fourth-order valence-electron chi connectivity index (χ4n) is 1.79. The van der Waals surface area contributed by atoms with Gasteiger partial charge >= 0.3 is 17.8 Å². The molecule has 0 bridgehead atoms. The highest BCUT2D eigenvalue weighted by molar-refractivity contribution is 9.10. The lowest BCUT2D eigenvalue weighted by Gasteiger charge is -2.04. The van der Waals surface area contributed by atoms with Crippen molar-refractivity contribution in [3.05, 3.63) is 64.1 Å². The summed E-state index contributed by atoms with van der Waals surface area (Å²) in [6.07, 6.45) is 1.35. The molecule has 0 heterocycles. The van der Waals surface area contributed by atoms with Gasteiger partial charge < -0.3 is 10.1 Å². The molecule has 0 aliphatic heterocycles. The summed E-state index contributed by atoms with van der Waals surface area (Å²) in [7, 11) is 1.30. The summed E-state index contributed by atoms with van der Waals surface area (Å²) in [5.74, 6) is -2.18. The molecule has 0 atom stereocenters. The second-order valence-corrected chi connectivity index (χ2v) is 5.69. The summed E-state index contributed by atoms with van der Waals surface area (Å²) in [6, 6.07) is 13.2. The van der Waals surface area contributed by atoms with E-state index in [2.05, 4.69) is 36.5 Å². The SMILES string of the molecule is COC(=O)c1ccc(C=NNC(=O)C(=O)Nc2cccc(Br)c2)cc1. The summed E-state index contributed by atoms with van der Waals surface area (Å²) in [6.45, 7) is 0. The van der Waals surface area contributed by atoms with E-state index in [0.29, 0.717) is 16.8 Å². The van der Waals surface area contributed by atoms with E-state index in [1.807, 2.05) is 0 Å². The first-order valence-electron chi connectivity index (χ1n) is 7.08. The predicted octanol–water partition coefficient (Wildman–Crippen LogP) is 2.32. The van der Waals surface area contributed by atoms with Crippen LogP contribution >= 0.6 is 15.9 Å². The molecule has 0 saturated heterocycles. The molecule has 0 fully saturated rings. The molecule has 0 spiro atoms. The number of hydrogen-bond acceptors (Lipinski definition) is 5. The molecular formula is C17H14BrN3O4. The number of hydrogen-bond donors (Lipinski definition) is 2. The Hall–Kier alpha value is -3.00. The van der Waals surface area contributed by atoms with Crippen molar-refractivity contribution >= 4 is 45.6 Å². The number of halogens is 1. The van der Waals surface area contributed by atoms with Crippen LogP contribution in [0, 0.1) is 0 Å². The second-order valence-electron chi connectivity index (χ2n) is 4.78. The minimum Gasteiger partial charge on any atom is -0.465 e.